The van der Waals surface area contributed by atoms with Gasteiger partial charge in [0, 0.05) is 31.1 Å². The van der Waals surface area contributed by atoms with E-state index >= 15 is 0 Å². The molecule has 0 saturated carbocycles. The van der Waals surface area contributed by atoms with Crippen LogP contribution >= 0.6 is 11.3 Å². The molecule has 26 heavy (non-hydrogen) atoms. The Bertz CT molecular complexity index is 1000. The molecule has 4 rings (SSSR count). The second-order valence-corrected chi connectivity index (χ2v) is 7.93. The number of phenols is 1. The summed E-state index contributed by atoms with van der Waals surface area (Å²) < 4.78 is 0. The number of aromatic amines is 1. The summed E-state index contributed by atoms with van der Waals surface area (Å²) in [7, 11) is 0. The molecule has 1 aromatic carbocycles. The number of thiophene rings is 1. The summed E-state index contributed by atoms with van der Waals surface area (Å²) in [6.07, 6.45) is 0. The lowest BCUT2D eigenvalue weighted by atomic mass is 10.2. The Labute approximate surface area is 155 Å². The van der Waals surface area contributed by atoms with Crippen LogP contribution in [0.15, 0.2) is 29.1 Å². The van der Waals surface area contributed by atoms with Gasteiger partial charge in [0.05, 0.1) is 17.6 Å². The standard InChI is InChI=1S/C19H22N4O2S/c1-12-13(2)26-19-17(12)18(25)20-16(21-19)11-22-7-9-23(10-8-22)14-5-3-4-6-15(14)24/h3-6,24H,7-11H2,1-2H3,(H,20,21,25). The van der Waals surface area contributed by atoms with Crippen LogP contribution in [0.2, 0.25) is 0 Å². The summed E-state index contributed by atoms with van der Waals surface area (Å²) in [5, 5.41) is 10.7. The largest absolute Gasteiger partial charge is 0.506 e. The molecule has 0 aliphatic carbocycles. The first-order chi connectivity index (χ1) is 12.5. The van der Waals surface area contributed by atoms with Crippen LogP contribution in [0.4, 0.5) is 5.69 Å². The van der Waals surface area contributed by atoms with Gasteiger partial charge in [-0.2, -0.15) is 0 Å². The molecule has 3 aromatic rings. The van der Waals surface area contributed by atoms with Crippen molar-refractivity contribution in [3.63, 3.8) is 0 Å². The average molecular weight is 370 g/mol. The molecule has 2 aromatic heterocycles. The van der Waals surface area contributed by atoms with Crippen LogP contribution < -0.4 is 10.5 Å². The van der Waals surface area contributed by atoms with Crippen LogP contribution in [0.1, 0.15) is 16.3 Å². The van der Waals surface area contributed by atoms with E-state index in [1.54, 1.807) is 17.4 Å². The van der Waals surface area contributed by atoms with Crippen molar-refractivity contribution in [3.8, 4) is 5.75 Å². The summed E-state index contributed by atoms with van der Waals surface area (Å²) >= 11 is 1.58. The fourth-order valence-electron chi connectivity index (χ4n) is 3.46. The smallest absolute Gasteiger partial charge is 0.259 e. The van der Waals surface area contributed by atoms with E-state index < -0.39 is 0 Å². The number of benzene rings is 1. The highest BCUT2D eigenvalue weighted by Gasteiger charge is 2.20. The number of nitrogens with one attached hydrogen (secondary N) is 1. The number of nitrogens with zero attached hydrogens (tertiary/aromatic N) is 3. The average Bonchev–Trinajstić information content (AvgIpc) is 2.91. The Morgan fingerprint density at radius 2 is 1.92 bits per heavy atom. The van der Waals surface area contributed by atoms with Crippen molar-refractivity contribution in [2.45, 2.75) is 20.4 Å². The lowest BCUT2D eigenvalue weighted by molar-refractivity contribution is 0.243. The lowest BCUT2D eigenvalue weighted by Crippen LogP contribution is -2.46. The van der Waals surface area contributed by atoms with E-state index in [0.717, 1.165) is 58.3 Å². The molecule has 0 unspecified atom stereocenters. The van der Waals surface area contributed by atoms with E-state index in [4.69, 9.17) is 0 Å². The first-order valence-electron chi connectivity index (χ1n) is 8.77. The van der Waals surface area contributed by atoms with Gasteiger partial charge in [0.1, 0.15) is 16.4 Å². The van der Waals surface area contributed by atoms with Gasteiger partial charge in [-0.05, 0) is 31.5 Å². The topological polar surface area (TPSA) is 72.5 Å². The Hall–Kier alpha value is -2.38. The van der Waals surface area contributed by atoms with E-state index in [1.807, 2.05) is 32.0 Å². The summed E-state index contributed by atoms with van der Waals surface area (Å²) in [6.45, 7) is 8.03. The normalized spacial score (nSPS) is 15.7. The minimum atomic E-state index is -0.0420. The Morgan fingerprint density at radius 3 is 2.65 bits per heavy atom. The highest BCUT2D eigenvalue weighted by atomic mass is 32.1. The number of phenolic OH excluding ortho intramolecular Hbond substituents is 1. The first kappa shape index (κ1) is 17.1. The third-order valence-electron chi connectivity index (χ3n) is 5.06. The van der Waals surface area contributed by atoms with Crippen LogP contribution in [0.25, 0.3) is 10.2 Å². The van der Waals surface area contributed by atoms with Gasteiger partial charge in [-0.15, -0.1) is 11.3 Å². The quantitative estimate of drug-likeness (QED) is 0.742. The number of rotatable bonds is 3. The zero-order chi connectivity index (χ0) is 18.3. The molecule has 1 fully saturated rings. The van der Waals surface area contributed by atoms with Gasteiger partial charge in [0.2, 0.25) is 0 Å². The molecule has 1 saturated heterocycles. The van der Waals surface area contributed by atoms with Crippen molar-refractivity contribution in [1.82, 2.24) is 14.9 Å². The SMILES string of the molecule is Cc1sc2nc(CN3CCN(c4ccccc4O)CC3)[nH]c(=O)c2c1C. The number of para-hydroxylation sites is 2. The maximum absolute atomic E-state index is 12.4. The Kier molecular flexibility index (Phi) is 4.42. The van der Waals surface area contributed by atoms with Crippen LogP contribution in [0, 0.1) is 13.8 Å². The van der Waals surface area contributed by atoms with E-state index in [9.17, 15) is 9.90 Å². The maximum Gasteiger partial charge on any atom is 0.259 e. The van der Waals surface area contributed by atoms with Crippen molar-refractivity contribution >= 4 is 27.2 Å². The molecule has 136 valence electrons. The summed E-state index contributed by atoms with van der Waals surface area (Å²) in [6, 6.07) is 7.44. The fourth-order valence-corrected chi connectivity index (χ4v) is 4.51. The van der Waals surface area contributed by atoms with Crippen LogP contribution in [-0.2, 0) is 6.54 Å². The first-order valence-corrected chi connectivity index (χ1v) is 9.59. The maximum atomic E-state index is 12.4. The predicted octanol–water partition coefficient (Wildman–Crippen LogP) is 2.63. The number of aromatic hydroxyl groups is 1. The Balaban J connectivity index is 1.47. The molecule has 7 heteroatoms. The predicted molar refractivity (Wildman–Crippen MR) is 105 cm³/mol. The molecular weight excluding hydrogens is 348 g/mol. The number of aryl methyl sites for hydroxylation is 2. The van der Waals surface area contributed by atoms with Crippen molar-refractivity contribution in [1.29, 1.82) is 0 Å². The van der Waals surface area contributed by atoms with E-state index in [-0.39, 0.29) is 5.56 Å². The van der Waals surface area contributed by atoms with Gasteiger partial charge in [0.15, 0.2) is 0 Å². The third kappa shape index (κ3) is 3.08. The second-order valence-electron chi connectivity index (χ2n) is 6.73. The van der Waals surface area contributed by atoms with Crippen molar-refractivity contribution in [2.24, 2.45) is 0 Å². The fraction of sp³-hybridized carbons (Fsp3) is 0.368. The summed E-state index contributed by atoms with van der Waals surface area (Å²) in [5.74, 6) is 1.04. The number of H-pyrrole nitrogens is 1. The van der Waals surface area contributed by atoms with Gasteiger partial charge in [-0.25, -0.2) is 4.98 Å². The second kappa shape index (κ2) is 6.74. The highest BCUT2D eigenvalue weighted by Crippen LogP contribution is 2.28. The van der Waals surface area contributed by atoms with Crippen molar-refractivity contribution in [2.75, 3.05) is 31.1 Å². The Morgan fingerprint density at radius 1 is 1.19 bits per heavy atom. The van der Waals surface area contributed by atoms with Gasteiger partial charge < -0.3 is 15.0 Å². The number of hydrogen-bond donors (Lipinski definition) is 2. The number of aromatic nitrogens is 2. The number of piperazine rings is 1. The molecule has 3 heterocycles. The molecule has 6 nitrogen and oxygen atoms in total. The molecule has 1 aliphatic heterocycles. The zero-order valence-electron chi connectivity index (χ0n) is 15.0. The van der Waals surface area contributed by atoms with Gasteiger partial charge >= 0.3 is 0 Å². The molecule has 0 atom stereocenters. The minimum absolute atomic E-state index is 0.0420. The lowest BCUT2D eigenvalue weighted by Gasteiger charge is -2.36. The minimum Gasteiger partial charge on any atom is -0.506 e. The zero-order valence-corrected chi connectivity index (χ0v) is 15.8. The highest BCUT2D eigenvalue weighted by molar-refractivity contribution is 7.18. The van der Waals surface area contributed by atoms with Gasteiger partial charge in [-0.1, -0.05) is 12.1 Å². The number of hydrogen-bond acceptors (Lipinski definition) is 6. The molecular formula is C19H22N4O2S. The van der Waals surface area contributed by atoms with Crippen molar-refractivity contribution in [3.05, 3.63) is 50.9 Å². The summed E-state index contributed by atoms with van der Waals surface area (Å²) in [5.41, 5.74) is 1.87. The molecule has 0 radical (unpaired) electrons. The van der Waals surface area contributed by atoms with Crippen LogP contribution in [-0.4, -0.2) is 46.2 Å². The monoisotopic (exact) mass is 370 g/mol. The molecule has 1 aliphatic rings. The number of anilines is 1. The molecule has 0 amide bonds. The molecule has 0 spiro atoms. The molecule has 2 N–H and O–H groups in total. The van der Waals surface area contributed by atoms with E-state index in [2.05, 4.69) is 19.8 Å². The van der Waals surface area contributed by atoms with Crippen LogP contribution in [0.5, 0.6) is 5.75 Å². The third-order valence-corrected chi connectivity index (χ3v) is 6.16. The number of fused-ring (bicyclic) bond motifs is 1. The molecule has 0 bridgehead atoms. The van der Waals surface area contributed by atoms with Gasteiger partial charge in [-0.3, -0.25) is 9.69 Å². The summed E-state index contributed by atoms with van der Waals surface area (Å²) in [4.78, 5) is 26.5. The van der Waals surface area contributed by atoms with Crippen LogP contribution in [0.3, 0.4) is 0 Å². The van der Waals surface area contributed by atoms with E-state index in [0.29, 0.717) is 12.3 Å². The van der Waals surface area contributed by atoms with E-state index in [1.165, 1.54) is 0 Å². The van der Waals surface area contributed by atoms with Crippen molar-refractivity contribution < 1.29 is 5.11 Å². The van der Waals surface area contributed by atoms with Gasteiger partial charge in [0.25, 0.3) is 5.56 Å².